The van der Waals surface area contributed by atoms with E-state index in [9.17, 15) is 18.0 Å². The number of benzene rings is 1. The van der Waals surface area contributed by atoms with E-state index in [0.29, 0.717) is 13.1 Å². The molecule has 0 fully saturated rings. The molecule has 23 heavy (non-hydrogen) atoms. The van der Waals surface area contributed by atoms with Crippen molar-refractivity contribution < 1.29 is 18.0 Å². The highest BCUT2D eigenvalue weighted by Gasteiger charge is 2.28. The zero-order valence-electron chi connectivity index (χ0n) is 13.6. The van der Waals surface area contributed by atoms with Crippen molar-refractivity contribution in [3.63, 3.8) is 0 Å². The largest absolute Gasteiger partial charge is 0.366 e. The lowest BCUT2D eigenvalue weighted by Crippen LogP contribution is -2.35. The Labute approximate surface area is 136 Å². The molecular weight excluding hydrogens is 318 g/mol. The van der Waals surface area contributed by atoms with Crippen LogP contribution in [0.15, 0.2) is 23.1 Å². The van der Waals surface area contributed by atoms with E-state index in [4.69, 9.17) is 5.73 Å². The molecule has 0 aliphatic heterocycles. The van der Waals surface area contributed by atoms with Gasteiger partial charge in [0.2, 0.25) is 15.9 Å². The molecule has 128 valence electrons. The first-order valence-corrected chi connectivity index (χ1v) is 8.94. The topological polar surface area (TPSA) is 110 Å². The molecule has 0 saturated carbocycles. The minimum absolute atomic E-state index is 0.0439. The van der Waals surface area contributed by atoms with Crippen molar-refractivity contribution in [2.75, 3.05) is 20.1 Å². The van der Waals surface area contributed by atoms with E-state index in [1.807, 2.05) is 13.8 Å². The highest BCUT2D eigenvalue weighted by atomic mass is 32.2. The summed E-state index contributed by atoms with van der Waals surface area (Å²) < 4.78 is 26.7. The summed E-state index contributed by atoms with van der Waals surface area (Å²) in [7, 11) is -2.79. The number of amides is 2. The Hall–Kier alpha value is -1.93. The number of sulfonamides is 1. The zero-order valence-corrected chi connectivity index (χ0v) is 14.4. The van der Waals surface area contributed by atoms with Gasteiger partial charge >= 0.3 is 0 Å². The van der Waals surface area contributed by atoms with Gasteiger partial charge in [-0.3, -0.25) is 9.59 Å². The fraction of sp³-hybridized carbons (Fsp3) is 0.467. The third kappa shape index (κ3) is 4.29. The maximum Gasteiger partial charge on any atom is 0.255 e. The van der Waals surface area contributed by atoms with Crippen LogP contribution in [0.3, 0.4) is 0 Å². The van der Waals surface area contributed by atoms with Crippen molar-refractivity contribution in [1.29, 1.82) is 0 Å². The number of primary amides is 1. The van der Waals surface area contributed by atoms with E-state index in [-0.39, 0.29) is 16.0 Å². The highest BCUT2D eigenvalue weighted by Crippen LogP contribution is 2.22. The first-order chi connectivity index (χ1) is 10.8. The first-order valence-electron chi connectivity index (χ1n) is 7.45. The molecule has 7 nitrogen and oxygen atoms in total. The lowest BCUT2D eigenvalue weighted by Gasteiger charge is -2.23. The monoisotopic (exact) mass is 341 g/mol. The summed E-state index contributed by atoms with van der Waals surface area (Å²) in [5, 5.41) is 0. The van der Waals surface area contributed by atoms with Crippen LogP contribution in [0.25, 0.3) is 0 Å². The Morgan fingerprint density at radius 3 is 2.09 bits per heavy atom. The molecule has 2 amide bonds. The number of rotatable bonds is 8. The van der Waals surface area contributed by atoms with Crippen LogP contribution in [-0.2, 0) is 10.0 Å². The van der Waals surface area contributed by atoms with Gasteiger partial charge in [-0.25, -0.2) is 13.1 Å². The Morgan fingerprint density at radius 1 is 1.13 bits per heavy atom. The van der Waals surface area contributed by atoms with Gasteiger partial charge < -0.3 is 10.6 Å². The molecule has 0 saturated heterocycles. The number of nitrogens with one attached hydrogen (secondary N) is 1. The van der Waals surface area contributed by atoms with Gasteiger partial charge in [0.15, 0.2) is 0 Å². The van der Waals surface area contributed by atoms with Gasteiger partial charge in [-0.2, -0.15) is 0 Å². The van der Waals surface area contributed by atoms with E-state index >= 15 is 0 Å². The Balaban J connectivity index is 3.55. The van der Waals surface area contributed by atoms with Crippen molar-refractivity contribution in [2.45, 2.75) is 31.6 Å². The van der Waals surface area contributed by atoms with Gasteiger partial charge in [0, 0.05) is 13.1 Å². The Kier molecular flexibility index (Phi) is 6.71. The maximum atomic E-state index is 12.8. The van der Waals surface area contributed by atoms with Crippen molar-refractivity contribution in [2.24, 2.45) is 5.73 Å². The van der Waals surface area contributed by atoms with E-state index in [1.165, 1.54) is 25.2 Å². The summed E-state index contributed by atoms with van der Waals surface area (Å²) >= 11 is 0. The van der Waals surface area contributed by atoms with Crippen LogP contribution in [0.5, 0.6) is 0 Å². The molecule has 3 N–H and O–H groups in total. The summed E-state index contributed by atoms with van der Waals surface area (Å²) in [6, 6.07) is 4.16. The van der Waals surface area contributed by atoms with Crippen molar-refractivity contribution in [1.82, 2.24) is 9.62 Å². The molecule has 8 heteroatoms. The second-order valence-electron chi connectivity index (χ2n) is 5.05. The van der Waals surface area contributed by atoms with Crippen LogP contribution < -0.4 is 10.5 Å². The molecule has 1 aromatic carbocycles. The molecule has 0 aliphatic carbocycles. The number of carbonyl (C=O) groups is 2. The molecule has 0 unspecified atom stereocenters. The molecule has 1 aromatic rings. The minimum Gasteiger partial charge on any atom is -0.366 e. The molecular formula is C15H23N3O4S. The molecule has 0 bridgehead atoms. The van der Waals surface area contributed by atoms with Gasteiger partial charge in [0.1, 0.15) is 4.90 Å². The standard InChI is InChI=1S/C15H23N3O4S/c1-4-9-18(10-5-2)15(20)12-8-6-7-11(14(16)19)13(12)23(21,22)17-3/h6-8,17H,4-5,9-10H2,1-3H3,(H2,16,19). The molecule has 0 radical (unpaired) electrons. The third-order valence-electron chi connectivity index (χ3n) is 3.32. The summed E-state index contributed by atoms with van der Waals surface area (Å²) in [5.74, 6) is -1.32. The van der Waals surface area contributed by atoms with Gasteiger partial charge in [-0.05, 0) is 32.0 Å². The number of carbonyl (C=O) groups excluding carboxylic acids is 2. The van der Waals surface area contributed by atoms with E-state index in [0.717, 1.165) is 12.8 Å². The quantitative estimate of drug-likeness (QED) is 0.733. The summed E-state index contributed by atoms with van der Waals surface area (Å²) in [4.78, 5) is 25.6. The van der Waals surface area contributed by atoms with Crippen LogP contribution in [-0.4, -0.2) is 45.3 Å². The second kappa shape index (κ2) is 8.07. The fourth-order valence-corrected chi connectivity index (χ4v) is 3.42. The van der Waals surface area contributed by atoms with Crippen LogP contribution in [0.2, 0.25) is 0 Å². The van der Waals surface area contributed by atoms with Crippen molar-refractivity contribution >= 4 is 21.8 Å². The normalized spacial score (nSPS) is 11.3. The Morgan fingerprint density at radius 2 is 1.65 bits per heavy atom. The summed E-state index contributed by atoms with van der Waals surface area (Å²) in [5.41, 5.74) is 5.03. The first kappa shape index (κ1) is 19.1. The average molecular weight is 341 g/mol. The average Bonchev–Trinajstić information content (AvgIpc) is 2.53. The van der Waals surface area contributed by atoms with E-state index < -0.39 is 21.8 Å². The molecule has 0 heterocycles. The smallest absolute Gasteiger partial charge is 0.255 e. The molecule has 0 atom stereocenters. The van der Waals surface area contributed by atoms with Gasteiger partial charge in [0.05, 0.1) is 11.1 Å². The molecule has 0 aromatic heterocycles. The summed E-state index contributed by atoms with van der Waals surface area (Å²) in [6.45, 7) is 4.88. The summed E-state index contributed by atoms with van der Waals surface area (Å²) in [6.07, 6.45) is 1.49. The molecule has 1 rings (SSSR count). The van der Waals surface area contributed by atoms with Crippen LogP contribution in [0.4, 0.5) is 0 Å². The van der Waals surface area contributed by atoms with Crippen LogP contribution in [0.1, 0.15) is 47.4 Å². The maximum absolute atomic E-state index is 12.8. The number of hydrogen-bond donors (Lipinski definition) is 2. The van der Waals surface area contributed by atoms with E-state index in [2.05, 4.69) is 4.72 Å². The Bertz CT molecular complexity index is 680. The van der Waals surface area contributed by atoms with E-state index in [1.54, 1.807) is 4.90 Å². The van der Waals surface area contributed by atoms with Gasteiger partial charge in [-0.15, -0.1) is 0 Å². The predicted molar refractivity (Wildman–Crippen MR) is 87.7 cm³/mol. The van der Waals surface area contributed by atoms with Crippen molar-refractivity contribution in [3.05, 3.63) is 29.3 Å². The minimum atomic E-state index is -4.01. The van der Waals surface area contributed by atoms with Crippen molar-refractivity contribution in [3.8, 4) is 0 Å². The SMILES string of the molecule is CCCN(CCC)C(=O)c1cccc(C(N)=O)c1S(=O)(=O)NC. The highest BCUT2D eigenvalue weighted by molar-refractivity contribution is 7.89. The number of nitrogens with zero attached hydrogens (tertiary/aromatic N) is 1. The van der Waals surface area contributed by atoms with Crippen LogP contribution >= 0.6 is 0 Å². The lowest BCUT2D eigenvalue weighted by molar-refractivity contribution is 0.0751. The number of hydrogen-bond acceptors (Lipinski definition) is 4. The second-order valence-corrected chi connectivity index (χ2v) is 6.87. The fourth-order valence-electron chi connectivity index (χ4n) is 2.32. The van der Waals surface area contributed by atoms with Crippen LogP contribution in [0, 0.1) is 0 Å². The number of nitrogens with two attached hydrogens (primary N) is 1. The van der Waals surface area contributed by atoms with Gasteiger partial charge in [-0.1, -0.05) is 19.9 Å². The predicted octanol–water partition coefficient (Wildman–Crippen LogP) is 0.956. The third-order valence-corrected chi connectivity index (χ3v) is 4.84. The molecule has 0 aliphatic rings. The zero-order chi connectivity index (χ0) is 17.6. The van der Waals surface area contributed by atoms with Gasteiger partial charge in [0.25, 0.3) is 5.91 Å². The lowest BCUT2D eigenvalue weighted by atomic mass is 10.1. The molecule has 0 spiro atoms.